The third kappa shape index (κ3) is 8.11. The minimum Gasteiger partial charge on any atom is -0.497 e. The van der Waals surface area contributed by atoms with Gasteiger partial charge in [0.15, 0.2) is 0 Å². The molecule has 0 aliphatic heterocycles. The van der Waals surface area contributed by atoms with Crippen LogP contribution in [0.2, 0.25) is 5.02 Å². The zero-order chi connectivity index (χ0) is 27.7. The first-order chi connectivity index (χ1) is 18.1. The van der Waals surface area contributed by atoms with Gasteiger partial charge in [-0.3, -0.25) is 13.9 Å². The van der Waals surface area contributed by atoms with Gasteiger partial charge in [-0.05, 0) is 61.6 Å². The van der Waals surface area contributed by atoms with Gasteiger partial charge in [-0.2, -0.15) is 0 Å². The van der Waals surface area contributed by atoms with Crippen molar-refractivity contribution in [1.82, 2.24) is 10.2 Å². The molecule has 1 atom stereocenters. The molecule has 1 aliphatic rings. The zero-order valence-electron chi connectivity index (χ0n) is 22.4. The third-order valence-electron chi connectivity index (χ3n) is 6.90. The van der Waals surface area contributed by atoms with Gasteiger partial charge in [0.2, 0.25) is 21.8 Å². The number of anilines is 1. The number of carbonyl (C=O) groups excluding carboxylic acids is 2. The molecule has 10 heteroatoms. The Morgan fingerprint density at radius 3 is 2.34 bits per heavy atom. The smallest absolute Gasteiger partial charge is 0.243 e. The summed E-state index contributed by atoms with van der Waals surface area (Å²) in [5, 5.41) is 3.65. The molecule has 0 aromatic heterocycles. The second-order valence-corrected chi connectivity index (χ2v) is 12.0. The number of halogens is 1. The molecule has 0 saturated heterocycles. The first kappa shape index (κ1) is 29.8. The van der Waals surface area contributed by atoms with Gasteiger partial charge in [-0.15, -0.1) is 0 Å². The van der Waals surface area contributed by atoms with Crippen LogP contribution in [0.4, 0.5) is 5.69 Å². The Kier molecular flexibility index (Phi) is 10.8. The summed E-state index contributed by atoms with van der Waals surface area (Å²) in [5.41, 5.74) is 1.25. The summed E-state index contributed by atoms with van der Waals surface area (Å²) in [5.74, 6) is 0.242. The van der Waals surface area contributed by atoms with E-state index in [-0.39, 0.29) is 43.8 Å². The highest BCUT2D eigenvalue weighted by Gasteiger charge is 2.31. The highest BCUT2D eigenvalue weighted by molar-refractivity contribution is 7.92. The Labute approximate surface area is 231 Å². The monoisotopic (exact) mass is 563 g/mol. The molecular formula is C28H38ClN3O5S. The van der Waals surface area contributed by atoms with E-state index in [1.807, 2.05) is 25.1 Å². The summed E-state index contributed by atoms with van der Waals surface area (Å²) in [4.78, 5) is 28.4. The highest BCUT2D eigenvalue weighted by Crippen LogP contribution is 2.24. The van der Waals surface area contributed by atoms with Gasteiger partial charge in [0.25, 0.3) is 0 Å². The van der Waals surface area contributed by atoms with Crippen LogP contribution in [0, 0.1) is 0 Å². The van der Waals surface area contributed by atoms with Crippen LogP contribution in [0.1, 0.15) is 57.4 Å². The molecule has 0 heterocycles. The molecule has 1 saturated carbocycles. The number of methoxy groups -OCH3 is 1. The molecule has 8 nitrogen and oxygen atoms in total. The number of rotatable bonds is 13. The normalized spacial score (nSPS) is 14.6. The second-order valence-electron chi connectivity index (χ2n) is 9.66. The van der Waals surface area contributed by atoms with Gasteiger partial charge in [-0.1, -0.05) is 49.6 Å². The highest BCUT2D eigenvalue weighted by atomic mass is 35.5. The number of carbonyl (C=O) groups is 2. The lowest BCUT2D eigenvalue weighted by atomic mass is 10.1. The Balaban J connectivity index is 1.75. The number of hydrogen-bond donors (Lipinski definition) is 1. The molecule has 2 aromatic rings. The van der Waals surface area contributed by atoms with E-state index >= 15 is 0 Å². The Morgan fingerprint density at radius 1 is 1.11 bits per heavy atom. The average Bonchev–Trinajstić information content (AvgIpc) is 3.40. The summed E-state index contributed by atoms with van der Waals surface area (Å²) in [7, 11) is -2.03. The van der Waals surface area contributed by atoms with E-state index in [1.165, 1.54) is 4.31 Å². The number of ether oxygens (including phenoxy) is 1. The SMILES string of the molecule is CCC(C(=O)NC1CCCC1)N(Cc1ccccc1Cl)C(=O)CCCN(c1ccc(OC)cc1)S(C)(=O)=O. The Hall–Kier alpha value is -2.78. The molecule has 38 heavy (non-hydrogen) atoms. The Bertz CT molecular complexity index is 1180. The second kappa shape index (κ2) is 13.8. The maximum Gasteiger partial charge on any atom is 0.243 e. The number of sulfonamides is 1. The fourth-order valence-corrected chi connectivity index (χ4v) is 6.01. The molecule has 1 aliphatic carbocycles. The Morgan fingerprint density at radius 2 is 1.76 bits per heavy atom. The predicted octanol–water partition coefficient (Wildman–Crippen LogP) is 4.76. The first-order valence-corrected chi connectivity index (χ1v) is 15.3. The van der Waals surface area contributed by atoms with Crippen LogP contribution in [0.5, 0.6) is 5.75 Å². The van der Waals surface area contributed by atoms with Crippen LogP contribution < -0.4 is 14.4 Å². The molecule has 2 amide bonds. The topological polar surface area (TPSA) is 96.0 Å². The average molecular weight is 564 g/mol. The van der Waals surface area contributed by atoms with E-state index in [0.717, 1.165) is 37.5 Å². The molecule has 0 bridgehead atoms. The molecule has 2 aromatic carbocycles. The van der Waals surface area contributed by atoms with Gasteiger partial charge in [0.05, 0.1) is 19.1 Å². The third-order valence-corrected chi connectivity index (χ3v) is 8.46. The van der Waals surface area contributed by atoms with Crippen molar-refractivity contribution in [2.75, 3.05) is 24.2 Å². The molecule has 1 unspecified atom stereocenters. The molecular weight excluding hydrogens is 526 g/mol. The summed E-state index contributed by atoms with van der Waals surface area (Å²) in [6.45, 7) is 2.21. The van der Waals surface area contributed by atoms with Crippen molar-refractivity contribution < 1.29 is 22.7 Å². The lowest BCUT2D eigenvalue weighted by molar-refractivity contribution is -0.141. The fourth-order valence-electron chi connectivity index (χ4n) is 4.85. The number of nitrogens with one attached hydrogen (secondary N) is 1. The molecule has 1 N–H and O–H groups in total. The molecule has 1 fully saturated rings. The van der Waals surface area contributed by atoms with Gasteiger partial charge in [0, 0.05) is 30.6 Å². The molecule has 0 spiro atoms. The van der Waals surface area contributed by atoms with E-state index in [2.05, 4.69) is 5.32 Å². The van der Waals surface area contributed by atoms with Crippen molar-refractivity contribution in [3.05, 3.63) is 59.1 Å². The van der Waals surface area contributed by atoms with Crippen molar-refractivity contribution >= 4 is 39.1 Å². The first-order valence-electron chi connectivity index (χ1n) is 13.1. The maximum absolute atomic E-state index is 13.6. The van der Waals surface area contributed by atoms with Gasteiger partial charge < -0.3 is 15.0 Å². The molecule has 0 radical (unpaired) electrons. The van der Waals surface area contributed by atoms with Crippen LogP contribution in [-0.4, -0.2) is 57.1 Å². The predicted molar refractivity (Wildman–Crippen MR) is 151 cm³/mol. The van der Waals surface area contributed by atoms with E-state index in [1.54, 1.807) is 42.3 Å². The van der Waals surface area contributed by atoms with E-state index in [9.17, 15) is 18.0 Å². The standard InChI is InChI=1S/C28H38ClN3O5S/c1-4-26(28(34)30-22-11-6-7-12-22)31(20-21-10-5-8-13-25(21)29)27(33)14-9-19-32(38(3,35)36)23-15-17-24(37-2)18-16-23/h5,8,10,13,15-18,22,26H,4,6-7,9,11-12,14,19-20H2,1-3H3,(H,30,34). The number of hydrogen-bond acceptors (Lipinski definition) is 5. The quantitative estimate of drug-likeness (QED) is 0.379. The van der Waals surface area contributed by atoms with Crippen molar-refractivity contribution in [1.29, 1.82) is 0 Å². The van der Waals surface area contributed by atoms with Gasteiger partial charge >= 0.3 is 0 Å². The van der Waals surface area contributed by atoms with Crippen LogP contribution in [0.15, 0.2) is 48.5 Å². The van der Waals surface area contributed by atoms with Crippen LogP contribution in [-0.2, 0) is 26.2 Å². The largest absolute Gasteiger partial charge is 0.497 e. The van der Waals surface area contributed by atoms with Crippen molar-refractivity contribution in [2.45, 2.75) is 70.5 Å². The summed E-state index contributed by atoms with van der Waals surface area (Å²) in [6, 6.07) is 13.5. The van der Waals surface area contributed by atoms with Crippen LogP contribution in [0.3, 0.4) is 0 Å². The number of benzene rings is 2. The van der Waals surface area contributed by atoms with Crippen molar-refractivity contribution in [3.8, 4) is 5.75 Å². The zero-order valence-corrected chi connectivity index (χ0v) is 23.9. The molecule has 208 valence electrons. The summed E-state index contributed by atoms with van der Waals surface area (Å²) >= 11 is 6.40. The fraction of sp³-hybridized carbons (Fsp3) is 0.500. The number of nitrogens with zero attached hydrogens (tertiary/aromatic N) is 2. The van der Waals surface area contributed by atoms with Crippen LogP contribution in [0.25, 0.3) is 0 Å². The van der Waals surface area contributed by atoms with E-state index < -0.39 is 16.1 Å². The van der Waals surface area contributed by atoms with Crippen LogP contribution >= 0.6 is 11.6 Å². The van der Waals surface area contributed by atoms with Crippen molar-refractivity contribution in [2.24, 2.45) is 0 Å². The number of amides is 2. The van der Waals surface area contributed by atoms with Gasteiger partial charge in [-0.25, -0.2) is 8.42 Å². The lowest BCUT2D eigenvalue weighted by Gasteiger charge is -2.32. The molecule has 3 rings (SSSR count). The lowest BCUT2D eigenvalue weighted by Crippen LogP contribution is -2.51. The minimum atomic E-state index is -3.57. The maximum atomic E-state index is 13.6. The van der Waals surface area contributed by atoms with E-state index in [4.69, 9.17) is 16.3 Å². The minimum absolute atomic E-state index is 0.0832. The summed E-state index contributed by atoms with van der Waals surface area (Å²) < 4.78 is 31.5. The van der Waals surface area contributed by atoms with E-state index in [0.29, 0.717) is 22.9 Å². The summed E-state index contributed by atoms with van der Waals surface area (Å²) in [6.07, 6.45) is 6.06. The van der Waals surface area contributed by atoms with Gasteiger partial charge in [0.1, 0.15) is 11.8 Å². The van der Waals surface area contributed by atoms with Crippen molar-refractivity contribution in [3.63, 3.8) is 0 Å².